The van der Waals surface area contributed by atoms with Crippen molar-refractivity contribution in [1.29, 1.82) is 0 Å². The first-order valence-electron chi connectivity index (χ1n) is 10.1. The topological polar surface area (TPSA) is 76.4 Å². The Morgan fingerprint density at radius 2 is 1.85 bits per heavy atom. The minimum absolute atomic E-state index is 0.200. The van der Waals surface area contributed by atoms with Crippen LogP contribution < -0.4 is 15.6 Å². The van der Waals surface area contributed by atoms with Crippen molar-refractivity contribution < 1.29 is 27.4 Å². The number of methoxy groups -OCH3 is 1. The molecule has 0 bridgehead atoms. The number of aromatic nitrogens is 2. The normalized spacial score (nSPS) is 14.2. The van der Waals surface area contributed by atoms with Crippen LogP contribution in [0.4, 0.5) is 23.2 Å². The molecular weight excluding hydrogens is 442 g/mol. The van der Waals surface area contributed by atoms with E-state index in [2.05, 4.69) is 10.4 Å². The van der Waals surface area contributed by atoms with E-state index in [1.165, 1.54) is 52.4 Å². The quantitative estimate of drug-likeness (QED) is 0.511. The van der Waals surface area contributed by atoms with Crippen molar-refractivity contribution in [3.05, 3.63) is 64.3 Å². The number of hydrogen-bond acceptors (Lipinski definition) is 5. The largest absolute Gasteiger partial charge is 0.496 e. The molecule has 2 N–H and O–H groups in total. The molecule has 0 amide bonds. The molecule has 1 aromatic heterocycles. The first-order valence-corrected chi connectivity index (χ1v) is 10.1. The van der Waals surface area contributed by atoms with Crippen LogP contribution in [0.1, 0.15) is 25.8 Å². The molecule has 0 saturated carbocycles. The molecule has 6 nitrogen and oxygen atoms in total. The summed E-state index contributed by atoms with van der Waals surface area (Å²) in [6.07, 6.45) is -4.41. The van der Waals surface area contributed by atoms with E-state index < -0.39 is 41.5 Å². The first-order chi connectivity index (χ1) is 15.3. The number of fused-ring (bicyclic) bond motifs is 1. The Labute approximate surface area is 187 Å². The van der Waals surface area contributed by atoms with Crippen LogP contribution in [-0.2, 0) is 12.5 Å². The zero-order valence-electron chi connectivity index (χ0n) is 18.6. The van der Waals surface area contributed by atoms with Gasteiger partial charge in [0.15, 0.2) is 5.60 Å². The fourth-order valence-corrected chi connectivity index (χ4v) is 3.96. The van der Waals surface area contributed by atoms with Gasteiger partial charge in [0.25, 0.3) is 5.56 Å². The average Bonchev–Trinajstić information content (AvgIpc) is 2.74. The van der Waals surface area contributed by atoms with E-state index in [0.29, 0.717) is 5.39 Å². The summed E-state index contributed by atoms with van der Waals surface area (Å²) in [5, 5.41) is 18.0. The zero-order chi connectivity index (χ0) is 24.6. The molecule has 0 fully saturated rings. The number of anilines is 1. The van der Waals surface area contributed by atoms with E-state index in [4.69, 9.17) is 4.74 Å². The van der Waals surface area contributed by atoms with E-state index in [1.54, 1.807) is 6.07 Å². The summed E-state index contributed by atoms with van der Waals surface area (Å²) in [6, 6.07) is 8.16. The van der Waals surface area contributed by atoms with E-state index in [0.717, 1.165) is 16.8 Å². The molecule has 10 heteroatoms. The van der Waals surface area contributed by atoms with Gasteiger partial charge < -0.3 is 15.2 Å². The van der Waals surface area contributed by atoms with Gasteiger partial charge in [0.05, 0.1) is 25.2 Å². The minimum atomic E-state index is -5.00. The van der Waals surface area contributed by atoms with E-state index in [9.17, 15) is 27.5 Å². The molecule has 33 heavy (non-hydrogen) atoms. The number of nitrogens with zero attached hydrogens (tertiary/aromatic N) is 2. The van der Waals surface area contributed by atoms with E-state index >= 15 is 0 Å². The van der Waals surface area contributed by atoms with Crippen LogP contribution in [-0.4, -0.2) is 40.3 Å². The predicted molar refractivity (Wildman–Crippen MR) is 117 cm³/mol. The maximum absolute atomic E-state index is 14.1. The number of nitrogens with one attached hydrogen (secondary N) is 1. The van der Waals surface area contributed by atoms with Gasteiger partial charge in [0, 0.05) is 23.7 Å². The third-order valence-corrected chi connectivity index (χ3v) is 5.71. The zero-order valence-corrected chi connectivity index (χ0v) is 18.6. The number of halogens is 4. The lowest BCUT2D eigenvalue weighted by Crippen LogP contribution is -2.53. The Morgan fingerprint density at radius 1 is 1.15 bits per heavy atom. The molecule has 3 aromatic rings. The fraction of sp³-hybridized carbons (Fsp3) is 0.391. The summed E-state index contributed by atoms with van der Waals surface area (Å²) in [6.45, 7) is 2.06. The molecule has 0 spiro atoms. The maximum atomic E-state index is 14.1. The summed E-state index contributed by atoms with van der Waals surface area (Å²) in [4.78, 5) is 12.3. The van der Waals surface area contributed by atoms with E-state index in [-0.39, 0.29) is 22.4 Å². The lowest BCUT2D eigenvalue weighted by atomic mass is 9.74. The molecule has 0 aliphatic carbocycles. The van der Waals surface area contributed by atoms with Crippen molar-refractivity contribution in [1.82, 2.24) is 9.78 Å². The molecule has 178 valence electrons. The lowest BCUT2D eigenvalue weighted by molar-refractivity contribution is -0.260. The van der Waals surface area contributed by atoms with Crippen molar-refractivity contribution in [2.75, 3.05) is 19.0 Å². The van der Waals surface area contributed by atoms with Crippen LogP contribution in [0.15, 0.2) is 47.4 Å². The number of hydrogen-bond donors (Lipinski definition) is 2. The second kappa shape index (κ2) is 8.66. The number of ether oxygens (including phenoxy) is 1. The van der Waals surface area contributed by atoms with Gasteiger partial charge in [0.1, 0.15) is 11.6 Å². The van der Waals surface area contributed by atoms with Crippen LogP contribution in [0, 0.1) is 5.82 Å². The highest BCUT2D eigenvalue weighted by molar-refractivity contribution is 5.92. The Hall–Kier alpha value is -3.14. The van der Waals surface area contributed by atoms with Crippen molar-refractivity contribution in [3.8, 4) is 5.75 Å². The molecule has 0 saturated heterocycles. The molecule has 0 radical (unpaired) electrons. The Bertz CT molecular complexity index is 1220. The highest BCUT2D eigenvalue weighted by Gasteiger charge is 2.56. The van der Waals surface area contributed by atoms with Crippen LogP contribution in [0.2, 0.25) is 0 Å². The second-order valence-electron chi connectivity index (χ2n) is 8.63. The predicted octanol–water partition coefficient (Wildman–Crippen LogP) is 4.15. The van der Waals surface area contributed by atoms with Crippen molar-refractivity contribution >= 4 is 16.5 Å². The standard InChI is InChI=1S/C23H25F4N3O3/c1-21(2,17-10-14(24)8-9-19(17)33-4)12-22(32,23(25,26)27)13-28-18-7-5-6-15-16(18)11-29-30(3)20(15)31/h5-11,28,32H,12-13H2,1-4H3. The Kier molecular flexibility index (Phi) is 6.43. The molecule has 1 heterocycles. The highest BCUT2D eigenvalue weighted by atomic mass is 19.4. The molecule has 0 aliphatic rings. The minimum Gasteiger partial charge on any atom is -0.496 e. The van der Waals surface area contributed by atoms with Gasteiger partial charge in [-0.25, -0.2) is 9.07 Å². The second-order valence-corrected chi connectivity index (χ2v) is 8.63. The van der Waals surface area contributed by atoms with Gasteiger partial charge in [-0.3, -0.25) is 4.79 Å². The number of benzene rings is 2. The van der Waals surface area contributed by atoms with Gasteiger partial charge >= 0.3 is 6.18 Å². The number of aryl methyl sites for hydroxylation is 1. The number of alkyl halides is 3. The molecule has 1 atom stereocenters. The Balaban J connectivity index is 1.97. The lowest BCUT2D eigenvalue weighted by Gasteiger charge is -2.38. The molecule has 3 rings (SSSR count). The molecular formula is C23H25F4N3O3. The van der Waals surface area contributed by atoms with Crippen LogP contribution in [0.3, 0.4) is 0 Å². The first kappa shape index (κ1) is 24.5. The highest BCUT2D eigenvalue weighted by Crippen LogP contribution is 2.44. The summed E-state index contributed by atoms with van der Waals surface area (Å²) in [5.41, 5.74) is -4.47. The molecule has 1 unspecified atom stereocenters. The summed E-state index contributed by atoms with van der Waals surface area (Å²) < 4.78 is 62.4. The van der Waals surface area contributed by atoms with E-state index in [1.807, 2.05) is 0 Å². The van der Waals surface area contributed by atoms with Crippen LogP contribution in [0.25, 0.3) is 10.8 Å². The van der Waals surface area contributed by atoms with Crippen molar-refractivity contribution in [2.24, 2.45) is 7.05 Å². The van der Waals surface area contributed by atoms with Crippen LogP contribution in [0.5, 0.6) is 5.75 Å². The molecule has 0 aliphatic heterocycles. The average molecular weight is 467 g/mol. The van der Waals surface area contributed by atoms with Crippen LogP contribution >= 0.6 is 0 Å². The molecule has 2 aromatic carbocycles. The number of rotatable bonds is 7. The number of aliphatic hydroxyl groups is 1. The van der Waals surface area contributed by atoms with Gasteiger partial charge in [-0.05, 0) is 42.2 Å². The summed E-state index contributed by atoms with van der Waals surface area (Å²) in [7, 11) is 2.80. The third kappa shape index (κ3) is 4.80. The van der Waals surface area contributed by atoms with Gasteiger partial charge in [-0.15, -0.1) is 0 Å². The maximum Gasteiger partial charge on any atom is 0.418 e. The third-order valence-electron chi connectivity index (χ3n) is 5.71. The summed E-state index contributed by atoms with van der Waals surface area (Å²) >= 11 is 0. The smallest absolute Gasteiger partial charge is 0.418 e. The van der Waals surface area contributed by atoms with Gasteiger partial charge in [-0.1, -0.05) is 19.9 Å². The monoisotopic (exact) mass is 467 g/mol. The van der Waals surface area contributed by atoms with Gasteiger partial charge in [-0.2, -0.15) is 18.3 Å². The summed E-state index contributed by atoms with van der Waals surface area (Å²) in [5.74, 6) is -0.410. The Morgan fingerprint density at radius 3 is 2.48 bits per heavy atom. The van der Waals surface area contributed by atoms with Crippen molar-refractivity contribution in [2.45, 2.75) is 37.5 Å². The SMILES string of the molecule is COc1ccc(F)cc1C(C)(C)CC(O)(CNc1cccc2c(=O)n(C)ncc12)C(F)(F)F. The van der Waals surface area contributed by atoms with Crippen molar-refractivity contribution in [3.63, 3.8) is 0 Å². The fourth-order valence-electron chi connectivity index (χ4n) is 3.96. The van der Waals surface area contributed by atoms with Gasteiger partial charge in [0.2, 0.25) is 0 Å².